The van der Waals surface area contributed by atoms with E-state index < -0.39 is 0 Å². The summed E-state index contributed by atoms with van der Waals surface area (Å²) in [7, 11) is 0. The van der Waals surface area contributed by atoms with E-state index >= 15 is 0 Å². The van der Waals surface area contributed by atoms with Crippen molar-refractivity contribution in [2.24, 2.45) is 23.7 Å². The highest BCUT2D eigenvalue weighted by Crippen LogP contribution is 2.44. The van der Waals surface area contributed by atoms with Crippen LogP contribution in [0.3, 0.4) is 0 Å². The number of halogens is 1. The predicted octanol–water partition coefficient (Wildman–Crippen LogP) is 3.69. The Bertz CT molecular complexity index is 628. The van der Waals surface area contributed by atoms with Crippen molar-refractivity contribution in [1.82, 2.24) is 20.6 Å². The molecule has 3 atom stereocenters. The maximum Gasteiger partial charge on any atom is 0.226 e. The van der Waals surface area contributed by atoms with Crippen molar-refractivity contribution in [2.75, 3.05) is 37.2 Å². The van der Waals surface area contributed by atoms with Gasteiger partial charge in [-0.15, -0.1) is 0 Å². The molecule has 29 heavy (non-hydrogen) atoms. The molecule has 3 saturated carbocycles. The SMILES string of the molecule is Nc1cc(Cl)nc(NCC2CCC(CNCCCNC3CC4CCC3C4)CC2)n1. The maximum atomic E-state index is 5.94. The van der Waals surface area contributed by atoms with Gasteiger partial charge in [0.2, 0.25) is 5.95 Å². The van der Waals surface area contributed by atoms with E-state index in [-0.39, 0.29) is 0 Å². The second kappa shape index (κ2) is 10.3. The Morgan fingerprint density at radius 3 is 2.45 bits per heavy atom. The Hall–Kier alpha value is -1.11. The Balaban J connectivity index is 1.02. The minimum absolute atomic E-state index is 0.389. The van der Waals surface area contributed by atoms with Crippen molar-refractivity contribution in [3.05, 3.63) is 11.2 Å². The van der Waals surface area contributed by atoms with Crippen molar-refractivity contribution in [1.29, 1.82) is 0 Å². The van der Waals surface area contributed by atoms with E-state index in [0.717, 1.165) is 36.9 Å². The summed E-state index contributed by atoms with van der Waals surface area (Å²) in [5.74, 6) is 4.48. The molecule has 1 heterocycles. The fourth-order valence-corrected chi connectivity index (χ4v) is 5.88. The summed E-state index contributed by atoms with van der Waals surface area (Å²) in [6.45, 7) is 4.38. The van der Waals surface area contributed by atoms with Crippen LogP contribution >= 0.6 is 11.6 Å². The first-order valence-electron chi connectivity index (χ1n) is 11.6. The topological polar surface area (TPSA) is 87.9 Å². The van der Waals surface area contributed by atoms with E-state index in [2.05, 4.69) is 25.9 Å². The lowest BCUT2D eigenvalue weighted by Crippen LogP contribution is -2.36. The van der Waals surface area contributed by atoms with Gasteiger partial charge < -0.3 is 21.7 Å². The van der Waals surface area contributed by atoms with Gasteiger partial charge in [0.1, 0.15) is 11.0 Å². The molecular weight excluding hydrogens is 384 g/mol. The molecule has 0 aliphatic heterocycles. The highest BCUT2D eigenvalue weighted by molar-refractivity contribution is 6.29. The number of hydrogen-bond acceptors (Lipinski definition) is 6. The Kier molecular flexibility index (Phi) is 7.49. The average molecular weight is 421 g/mol. The lowest BCUT2D eigenvalue weighted by molar-refractivity contribution is 0.275. The summed E-state index contributed by atoms with van der Waals surface area (Å²) in [4.78, 5) is 8.37. The van der Waals surface area contributed by atoms with Gasteiger partial charge in [-0.25, -0.2) is 4.98 Å². The van der Waals surface area contributed by atoms with Crippen molar-refractivity contribution in [3.8, 4) is 0 Å². The molecule has 0 radical (unpaired) electrons. The zero-order valence-electron chi connectivity index (χ0n) is 17.5. The number of nitrogens with two attached hydrogens (primary N) is 1. The molecule has 6 nitrogen and oxygen atoms in total. The lowest BCUT2D eigenvalue weighted by Gasteiger charge is -2.29. The largest absolute Gasteiger partial charge is 0.383 e. The van der Waals surface area contributed by atoms with Gasteiger partial charge >= 0.3 is 0 Å². The molecule has 162 valence electrons. The molecule has 0 amide bonds. The third-order valence-electron chi connectivity index (χ3n) is 7.34. The van der Waals surface area contributed by atoms with Crippen molar-refractivity contribution < 1.29 is 0 Å². The normalized spacial score (nSPS) is 31.3. The van der Waals surface area contributed by atoms with Gasteiger partial charge in [-0.3, -0.25) is 0 Å². The van der Waals surface area contributed by atoms with Crippen LogP contribution in [-0.2, 0) is 0 Å². The molecule has 1 aromatic rings. The van der Waals surface area contributed by atoms with Gasteiger partial charge in [0.25, 0.3) is 0 Å². The number of aromatic nitrogens is 2. The van der Waals surface area contributed by atoms with E-state index in [9.17, 15) is 0 Å². The minimum Gasteiger partial charge on any atom is -0.383 e. The van der Waals surface area contributed by atoms with Crippen LogP contribution in [-0.4, -0.2) is 42.2 Å². The zero-order valence-corrected chi connectivity index (χ0v) is 18.3. The highest BCUT2D eigenvalue weighted by atomic mass is 35.5. The third kappa shape index (κ3) is 6.19. The molecule has 4 rings (SSSR count). The van der Waals surface area contributed by atoms with Crippen molar-refractivity contribution in [3.63, 3.8) is 0 Å². The van der Waals surface area contributed by atoms with Crippen LogP contribution in [0, 0.1) is 23.7 Å². The number of rotatable bonds is 10. The van der Waals surface area contributed by atoms with Crippen LogP contribution in [0.4, 0.5) is 11.8 Å². The Labute approximate surface area is 180 Å². The summed E-state index contributed by atoms with van der Waals surface area (Å²) >= 11 is 5.94. The predicted molar refractivity (Wildman–Crippen MR) is 120 cm³/mol. The summed E-state index contributed by atoms with van der Waals surface area (Å²) < 4.78 is 0. The molecule has 0 saturated heterocycles. The number of fused-ring (bicyclic) bond motifs is 2. The fourth-order valence-electron chi connectivity index (χ4n) is 5.69. The van der Waals surface area contributed by atoms with Gasteiger partial charge in [0.05, 0.1) is 0 Å². The monoisotopic (exact) mass is 420 g/mol. The maximum absolute atomic E-state index is 5.94. The average Bonchev–Trinajstić information content (AvgIpc) is 3.32. The van der Waals surface area contributed by atoms with Crippen LogP contribution in [0.15, 0.2) is 6.07 Å². The van der Waals surface area contributed by atoms with Gasteiger partial charge in [0.15, 0.2) is 0 Å². The number of hydrogen-bond donors (Lipinski definition) is 4. The molecule has 3 unspecified atom stereocenters. The lowest BCUT2D eigenvalue weighted by atomic mass is 9.82. The van der Waals surface area contributed by atoms with Gasteiger partial charge in [-0.1, -0.05) is 18.0 Å². The van der Waals surface area contributed by atoms with E-state index in [4.69, 9.17) is 17.3 Å². The molecule has 2 bridgehead atoms. The molecule has 3 aliphatic rings. The molecule has 1 aromatic heterocycles. The van der Waals surface area contributed by atoms with E-state index in [1.165, 1.54) is 70.9 Å². The van der Waals surface area contributed by atoms with E-state index in [1.54, 1.807) is 6.07 Å². The van der Waals surface area contributed by atoms with Crippen molar-refractivity contribution >= 4 is 23.4 Å². The van der Waals surface area contributed by atoms with Crippen LogP contribution in [0.1, 0.15) is 57.8 Å². The first-order valence-corrected chi connectivity index (χ1v) is 12.0. The van der Waals surface area contributed by atoms with Crippen LogP contribution in [0.2, 0.25) is 5.15 Å². The molecule has 0 aromatic carbocycles. The third-order valence-corrected chi connectivity index (χ3v) is 7.53. The molecule has 0 spiro atoms. The van der Waals surface area contributed by atoms with Crippen LogP contribution in [0.25, 0.3) is 0 Å². The highest BCUT2D eigenvalue weighted by Gasteiger charge is 2.38. The second-order valence-corrected chi connectivity index (χ2v) is 9.89. The first-order chi connectivity index (χ1) is 14.2. The fraction of sp³-hybridized carbons (Fsp3) is 0.818. The zero-order chi connectivity index (χ0) is 20.1. The number of nitrogens with one attached hydrogen (secondary N) is 3. The molecule has 3 fully saturated rings. The smallest absolute Gasteiger partial charge is 0.226 e. The second-order valence-electron chi connectivity index (χ2n) is 9.50. The standard InChI is InChI=1S/C22H37ClN6/c23-20-12-21(24)29-22(28-20)27-14-16-4-2-15(3-5-16)13-25-8-1-9-26-19-11-17-6-7-18(19)10-17/h12,15-19,25-26H,1-11,13-14H2,(H3,24,27,28,29). The molecule has 5 N–H and O–H groups in total. The minimum atomic E-state index is 0.389. The summed E-state index contributed by atoms with van der Waals surface area (Å²) in [6, 6.07) is 2.39. The van der Waals surface area contributed by atoms with Gasteiger partial charge in [-0.05, 0) is 94.7 Å². The summed E-state index contributed by atoms with van der Waals surface area (Å²) in [5.41, 5.74) is 5.72. The Morgan fingerprint density at radius 2 is 1.76 bits per heavy atom. The first kappa shape index (κ1) is 21.1. The van der Waals surface area contributed by atoms with Gasteiger partial charge in [-0.2, -0.15) is 4.98 Å². The number of anilines is 2. The molecule has 3 aliphatic carbocycles. The van der Waals surface area contributed by atoms with Crippen LogP contribution < -0.4 is 21.7 Å². The summed E-state index contributed by atoms with van der Waals surface area (Å²) in [6.07, 6.45) is 12.3. The van der Waals surface area contributed by atoms with E-state index in [0.29, 0.717) is 22.8 Å². The molecule has 7 heteroatoms. The van der Waals surface area contributed by atoms with Crippen molar-refractivity contribution in [2.45, 2.75) is 63.8 Å². The van der Waals surface area contributed by atoms with Crippen LogP contribution in [0.5, 0.6) is 0 Å². The number of nitrogens with zero attached hydrogens (tertiary/aromatic N) is 2. The summed E-state index contributed by atoms with van der Waals surface area (Å²) in [5, 5.41) is 11.2. The van der Waals surface area contributed by atoms with E-state index in [1.807, 2.05) is 0 Å². The quantitative estimate of drug-likeness (QED) is 0.341. The van der Waals surface area contributed by atoms with Gasteiger partial charge in [0, 0.05) is 18.7 Å². The number of nitrogen functional groups attached to an aromatic ring is 1. The molecular formula is C22H37ClN6. The Morgan fingerprint density at radius 1 is 0.966 bits per heavy atom.